The smallest absolute Gasteiger partial charge is 0.127 e. The van der Waals surface area contributed by atoms with Gasteiger partial charge in [-0.3, -0.25) is 0 Å². The molecule has 3 atom stereocenters. The fraction of sp³-hybridized carbons (Fsp3) is 0.600. The Bertz CT molecular complexity index is 407. The molecule has 2 rings (SSSR count). The average Bonchev–Trinajstić information content (AvgIpc) is 2.35. The van der Waals surface area contributed by atoms with E-state index < -0.39 is 0 Å². The molecule has 0 spiro atoms. The summed E-state index contributed by atoms with van der Waals surface area (Å²) in [4.78, 5) is 0. The minimum absolute atomic E-state index is 0.119. The topological polar surface area (TPSA) is 0 Å². The van der Waals surface area contributed by atoms with Crippen LogP contribution in [0.1, 0.15) is 38.2 Å². The second-order valence-electron chi connectivity index (χ2n) is 5.30. The van der Waals surface area contributed by atoms with E-state index in [4.69, 9.17) is 11.6 Å². The van der Waals surface area contributed by atoms with E-state index in [1.54, 1.807) is 6.07 Å². The Morgan fingerprint density at radius 1 is 1.39 bits per heavy atom. The van der Waals surface area contributed by atoms with E-state index in [0.29, 0.717) is 5.92 Å². The van der Waals surface area contributed by atoms with Crippen molar-refractivity contribution >= 4 is 27.5 Å². The first-order valence-electron chi connectivity index (χ1n) is 6.68. The molecule has 0 radical (unpaired) electrons. The average molecular weight is 334 g/mol. The van der Waals surface area contributed by atoms with Crippen LogP contribution in [0.3, 0.4) is 0 Å². The minimum Gasteiger partial charge on any atom is -0.207 e. The summed E-state index contributed by atoms with van der Waals surface area (Å²) in [5.74, 6) is 1.07. The molecule has 100 valence electrons. The summed E-state index contributed by atoms with van der Waals surface area (Å²) in [6.45, 7) is 2.23. The number of benzene rings is 1. The first-order valence-corrected chi connectivity index (χ1v) is 7.91. The van der Waals surface area contributed by atoms with Gasteiger partial charge in [-0.1, -0.05) is 35.3 Å². The lowest BCUT2D eigenvalue weighted by molar-refractivity contribution is 0.263. The van der Waals surface area contributed by atoms with Gasteiger partial charge in [0.1, 0.15) is 5.82 Å². The van der Waals surface area contributed by atoms with Crippen molar-refractivity contribution in [2.24, 2.45) is 11.8 Å². The lowest BCUT2D eigenvalue weighted by Crippen LogP contribution is -2.27. The zero-order valence-electron chi connectivity index (χ0n) is 10.6. The standard InChI is InChI=1S/C15H19BrClF/c1-2-10-3-6-14(17)12(7-10)8-11-4-5-13(16)9-15(11)18/h4-5,9-10,12,14H,2-3,6-8H2,1H3. The molecule has 0 nitrogen and oxygen atoms in total. The highest BCUT2D eigenvalue weighted by Crippen LogP contribution is 2.36. The van der Waals surface area contributed by atoms with Crippen molar-refractivity contribution in [3.63, 3.8) is 0 Å². The predicted molar refractivity (Wildman–Crippen MR) is 78.6 cm³/mol. The van der Waals surface area contributed by atoms with Gasteiger partial charge in [-0.25, -0.2) is 4.39 Å². The quantitative estimate of drug-likeness (QED) is 0.635. The van der Waals surface area contributed by atoms with Crippen molar-refractivity contribution in [1.82, 2.24) is 0 Å². The van der Waals surface area contributed by atoms with Crippen molar-refractivity contribution in [2.75, 3.05) is 0 Å². The van der Waals surface area contributed by atoms with E-state index in [1.165, 1.54) is 12.8 Å². The van der Waals surface area contributed by atoms with Crippen LogP contribution in [0.15, 0.2) is 22.7 Å². The number of hydrogen-bond donors (Lipinski definition) is 0. The molecule has 1 aliphatic rings. The van der Waals surface area contributed by atoms with E-state index >= 15 is 0 Å². The van der Waals surface area contributed by atoms with Crippen molar-refractivity contribution in [2.45, 2.75) is 44.4 Å². The fourth-order valence-electron chi connectivity index (χ4n) is 2.88. The van der Waals surface area contributed by atoms with Crippen LogP contribution >= 0.6 is 27.5 Å². The summed E-state index contributed by atoms with van der Waals surface area (Å²) >= 11 is 9.69. The van der Waals surface area contributed by atoms with Crippen LogP contribution in [-0.2, 0) is 6.42 Å². The normalized spacial score (nSPS) is 28.3. The summed E-state index contributed by atoms with van der Waals surface area (Å²) in [6.07, 6.45) is 5.42. The van der Waals surface area contributed by atoms with Gasteiger partial charge in [0.2, 0.25) is 0 Å². The Hall–Kier alpha value is -0.0800. The molecule has 1 aromatic rings. The van der Waals surface area contributed by atoms with Gasteiger partial charge >= 0.3 is 0 Å². The summed E-state index contributed by atoms with van der Waals surface area (Å²) in [5, 5.41) is 0.204. The van der Waals surface area contributed by atoms with Crippen LogP contribution in [0.25, 0.3) is 0 Å². The third kappa shape index (κ3) is 3.48. The monoisotopic (exact) mass is 332 g/mol. The van der Waals surface area contributed by atoms with E-state index in [9.17, 15) is 4.39 Å². The Morgan fingerprint density at radius 3 is 2.83 bits per heavy atom. The van der Waals surface area contributed by atoms with Crippen molar-refractivity contribution < 1.29 is 4.39 Å². The molecule has 3 unspecified atom stereocenters. The largest absolute Gasteiger partial charge is 0.207 e. The van der Waals surface area contributed by atoms with E-state index in [1.807, 2.05) is 12.1 Å². The predicted octanol–water partition coefficient (Wildman–Crippen LogP) is 5.56. The van der Waals surface area contributed by atoms with E-state index in [0.717, 1.165) is 35.2 Å². The molecule has 18 heavy (non-hydrogen) atoms. The maximum absolute atomic E-state index is 13.8. The van der Waals surface area contributed by atoms with Crippen LogP contribution in [0.2, 0.25) is 0 Å². The first kappa shape index (κ1) is 14.3. The van der Waals surface area contributed by atoms with Gasteiger partial charge in [-0.2, -0.15) is 0 Å². The molecular formula is C15H19BrClF. The molecule has 1 aromatic carbocycles. The molecule has 0 heterocycles. The summed E-state index contributed by atoms with van der Waals surface area (Å²) in [6, 6.07) is 5.32. The summed E-state index contributed by atoms with van der Waals surface area (Å²) in [5.41, 5.74) is 0.797. The number of halogens is 3. The Kier molecular flexibility index (Phi) is 5.08. The molecule has 3 heteroatoms. The first-order chi connectivity index (χ1) is 8.60. The Labute approximate surface area is 122 Å². The van der Waals surface area contributed by atoms with Gasteiger partial charge in [-0.05, 0) is 55.2 Å². The SMILES string of the molecule is CCC1CCC(Cl)C(Cc2ccc(Br)cc2F)C1. The lowest BCUT2D eigenvalue weighted by Gasteiger charge is -2.32. The Balaban J connectivity index is 2.07. The molecule has 0 saturated heterocycles. The van der Waals surface area contributed by atoms with Gasteiger partial charge in [-0.15, -0.1) is 11.6 Å². The molecule has 1 aliphatic carbocycles. The number of alkyl halides is 1. The van der Waals surface area contributed by atoms with Crippen LogP contribution < -0.4 is 0 Å². The molecule has 1 fully saturated rings. The summed E-state index contributed by atoms with van der Waals surface area (Å²) < 4.78 is 14.6. The van der Waals surface area contributed by atoms with Crippen molar-refractivity contribution in [3.8, 4) is 0 Å². The highest BCUT2D eigenvalue weighted by atomic mass is 79.9. The zero-order chi connectivity index (χ0) is 13.1. The second-order valence-corrected chi connectivity index (χ2v) is 6.78. The third-order valence-electron chi connectivity index (χ3n) is 4.07. The molecule has 0 amide bonds. The van der Waals surface area contributed by atoms with Crippen molar-refractivity contribution in [1.29, 1.82) is 0 Å². The maximum atomic E-state index is 13.8. The highest BCUT2D eigenvalue weighted by Gasteiger charge is 2.28. The molecule has 1 saturated carbocycles. The fourth-order valence-corrected chi connectivity index (χ4v) is 3.53. The van der Waals surface area contributed by atoms with Crippen LogP contribution in [0.4, 0.5) is 4.39 Å². The summed E-state index contributed by atoms with van der Waals surface area (Å²) in [7, 11) is 0. The lowest BCUT2D eigenvalue weighted by atomic mass is 9.77. The van der Waals surface area contributed by atoms with Gasteiger partial charge in [0.15, 0.2) is 0 Å². The number of hydrogen-bond acceptors (Lipinski definition) is 0. The minimum atomic E-state index is -0.119. The third-order valence-corrected chi connectivity index (χ3v) is 5.14. The molecule has 0 bridgehead atoms. The maximum Gasteiger partial charge on any atom is 0.127 e. The molecular weight excluding hydrogens is 315 g/mol. The molecule has 0 aliphatic heterocycles. The van der Waals surface area contributed by atoms with Gasteiger partial charge < -0.3 is 0 Å². The van der Waals surface area contributed by atoms with E-state index in [-0.39, 0.29) is 11.2 Å². The number of rotatable bonds is 3. The van der Waals surface area contributed by atoms with Gasteiger partial charge in [0.05, 0.1) is 0 Å². The highest BCUT2D eigenvalue weighted by molar-refractivity contribution is 9.10. The Morgan fingerprint density at radius 2 is 2.17 bits per heavy atom. The van der Waals surface area contributed by atoms with E-state index in [2.05, 4.69) is 22.9 Å². The van der Waals surface area contributed by atoms with Crippen LogP contribution in [-0.4, -0.2) is 5.38 Å². The molecule has 0 N–H and O–H groups in total. The van der Waals surface area contributed by atoms with Crippen LogP contribution in [0.5, 0.6) is 0 Å². The van der Waals surface area contributed by atoms with Crippen molar-refractivity contribution in [3.05, 3.63) is 34.1 Å². The second kappa shape index (κ2) is 6.38. The van der Waals surface area contributed by atoms with Crippen LogP contribution in [0, 0.1) is 17.7 Å². The molecule has 0 aromatic heterocycles. The zero-order valence-corrected chi connectivity index (χ0v) is 13.0. The van der Waals surface area contributed by atoms with Gasteiger partial charge in [0.25, 0.3) is 0 Å². The van der Waals surface area contributed by atoms with Gasteiger partial charge in [0, 0.05) is 9.85 Å².